The first-order valence-electron chi connectivity index (χ1n) is 1.40. The van der Waals surface area contributed by atoms with Gasteiger partial charge >= 0.3 is 0 Å². The van der Waals surface area contributed by atoms with E-state index in [2.05, 4.69) is 0 Å². The number of hydrogen-bond acceptors (Lipinski definition) is 1. The number of carbonyl (C=O) groups excluding carboxylic acids is 1. The Kier molecular flexibility index (Phi) is 5.30. The Morgan fingerprint density at radius 3 is 1.71 bits per heavy atom. The molecule has 0 aromatic rings. The Bertz CT molecular complexity index is 55.7. The molecule has 4 heteroatoms. The summed E-state index contributed by atoms with van der Waals surface area (Å²) in [4.78, 5) is 9.56. The molecule has 0 fully saturated rings. The highest BCUT2D eigenvalue weighted by molar-refractivity contribution is 6.55. The quantitative estimate of drug-likeness (QED) is 0.426. The molecule has 0 saturated carbocycles. The van der Waals surface area contributed by atoms with Gasteiger partial charge in [-0.05, 0) is 6.92 Å². The van der Waals surface area contributed by atoms with Crippen molar-refractivity contribution < 1.29 is 4.79 Å². The van der Waals surface area contributed by atoms with Gasteiger partial charge < -0.3 is 4.79 Å². The number of hydrogen-bond donors (Lipinski definition) is 0. The molecule has 0 aliphatic carbocycles. The molecule has 0 rings (SSSR count). The molecule has 0 radical (unpaired) electrons. The lowest BCUT2D eigenvalue weighted by molar-refractivity contribution is -0.108. The topological polar surface area (TPSA) is 17.1 Å². The molecule has 1 nitrogen and oxygen atoms in total. The Labute approximate surface area is 58.4 Å². The van der Waals surface area contributed by atoms with Crippen LogP contribution in [-0.2, 0) is 4.79 Å². The molecule has 0 spiro atoms. The molecule has 0 unspecified atom stereocenters. The highest BCUT2D eigenvalue weighted by atomic mass is 35.5. The van der Waals surface area contributed by atoms with Crippen LogP contribution in [0.4, 0.5) is 0 Å². The zero-order valence-electron chi connectivity index (χ0n) is 3.65. The minimum absolute atomic E-state index is 0. The Hall–Kier alpha value is 0.540. The fourth-order valence-corrected chi connectivity index (χ4v) is 0. The third-order valence-corrected chi connectivity index (χ3v) is 0.385. The van der Waals surface area contributed by atoms with Crippen LogP contribution in [0.2, 0.25) is 0 Å². The number of aldehydes is 1. The summed E-state index contributed by atoms with van der Waals surface area (Å²) in [6.45, 7) is 1.41. The largest absolute Gasteiger partial charge is 0.300 e. The van der Waals surface area contributed by atoms with Crippen LogP contribution in [0.15, 0.2) is 0 Å². The van der Waals surface area contributed by atoms with Crippen molar-refractivity contribution in [1.82, 2.24) is 0 Å². The number of alkyl halides is 2. The van der Waals surface area contributed by atoms with Crippen LogP contribution in [-0.4, -0.2) is 10.6 Å². The molecule has 0 aromatic heterocycles. The van der Waals surface area contributed by atoms with Crippen LogP contribution in [0, 0.1) is 0 Å². The predicted octanol–water partition coefficient (Wildman–Crippen LogP) is 1.80. The smallest absolute Gasteiger partial charge is 0.170 e. The fraction of sp³-hybridized carbons (Fsp3) is 0.667. The summed E-state index contributed by atoms with van der Waals surface area (Å²) in [5.41, 5.74) is 0. The molecular weight excluding hydrogens is 158 g/mol. The van der Waals surface area contributed by atoms with E-state index < -0.39 is 4.33 Å². The van der Waals surface area contributed by atoms with Crippen molar-refractivity contribution in [1.29, 1.82) is 0 Å². The normalized spacial score (nSPS) is 9.57. The van der Waals surface area contributed by atoms with Crippen LogP contribution in [0.1, 0.15) is 6.92 Å². The molecule has 0 aliphatic heterocycles. The molecule has 0 N–H and O–H groups in total. The zero-order valence-corrected chi connectivity index (χ0v) is 5.98. The summed E-state index contributed by atoms with van der Waals surface area (Å²) < 4.78 is -1.19. The van der Waals surface area contributed by atoms with Gasteiger partial charge in [-0.3, -0.25) is 0 Å². The van der Waals surface area contributed by atoms with Gasteiger partial charge in [-0.15, -0.1) is 12.4 Å². The highest BCUT2D eigenvalue weighted by Crippen LogP contribution is 2.14. The molecule has 0 aromatic carbocycles. The van der Waals surface area contributed by atoms with E-state index in [1.807, 2.05) is 0 Å². The van der Waals surface area contributed by atoms with Gasteiger partial charge in [0, 0.05) is 0 Å². The third-order valence-electron chi connectivity index (χ3n) is 0.207. The van der Waals surface area contributed by atoms with E-state index >= 15 is 0 Å². The second-order valence-electron chi connectivity index (χ2n) is 1.07. The predicted molar refractivity (Wildman–Crippen MR) is 33.4 cm³/mol. The van der Waals surface area contributed by atoms with Crippen LogP contribution in [0.3, 0.4) is 0 Å². The second-order valence-corrected chi connectivity index (χ2v) is 2.84. The zero-order chi connectivity index (χ0) is 5.21. The first kappa shape index (κ1) is 10.5. The van der Waals surface area contributed by atoms with Crippen LogP contribution in [0.5, 0.6) is 0 Å². The van der Waals surface area contributed by atoms with Crippen molar-refractivity contribution in [2.75, 3.05) is 0 Å². The minimum atomic E-state index is -1.19. The first-order chi connectivity index (χ1) is 2.56. The van der Waals surface area contributed by atoms with Gasteiger partial charge in [0.05, 0.1) is 0 Å². The van der Waals surface area contributed by atoms with Crippen molar-refractivity contribution in [3.63, 3.8) is 0 Å². The van der Waals surface area contributed by atoms with E-state index in [0.717, 1.165) is 0 Å². The van der Waals surface area contributed by atoms with E-state index in [1.54, 1.807) is 0 Å². The van der Waals surface area contributed by atoms with Crippen molar-refractivity contribution in [2.24, 2.45) is 0 Å². The Morgan fingerprint density at radius 1 is 1.57 bits per heavy atom. The van der Waals surface area contributed by atoms with Crippen LogP contribution >= 0.6 is 35.6 Å². The SMILES string of the molecule is CC(Cl)(Cl)C=O.Cl. The van der Waals surface area contributed by atoms with Gasteiger partial charge in [0.25, 0.3) is 0 Å². The molecule has 0 atom stereocenters. The minimum Gasteiger partial charge on any atom is -0.300 e. The maximum atomic E-state index is 9.56. The van der Waals surface area contributed by atoms with Crippen LogP contribution < -0.4 is 0 Å². The molecule has 0 saturated heterocycles. The number of rotatable bonds is 1. The lowest BCUT2D eigenvalue weighted by Gasteiger charge is -1.96. The van der Waals surface area contributed by atoms with E-state index in [0.29, 0.717) is 6.29 Å². The van der Waals surface area contributed by atoms with E-state index in [4.69, 9.17) is 23.2 Å². The van der Waals surface area contributed by atoms with Gasteiger partial charge in [-0.25, -0.2) is 0 Å². The summed E-state index contributed by atoms with van der Waals surface area (Å²) in [6.07, 6.45) is 0.468. The fourth-order valence-electron chi connectivity index (χ4n) is 0. The van der Waals surface area contributed by atoms with Crippen molar-refractivity contribution >= 4 is 41.9 Å². The van der Waals surface area contributed by atoms with E-state index in [9.17, 15) is 4.79 Å². The van der Waals surface area contributed by atoms with E-state index in [1.165, 1.54) is 6.92 Å². The molecule has 0 heterocycles. The molecule has 0 aliphatic rings. The molecule has 0 amide bonds. The highest BCUT2D eigenvalue weighted by Gasteiger charge is 2.12. The van der Waals surface area contributed by atoms with Gasteiger partial charge in [0.1, 0.15) is 0 Å². The van der Waals surface area contributed by atoms with Crippen molar-refractivity contribution in [3.8, 4) is 0 Å². The summed E-state index contributed by atoms with van der Waals surface area (Å²) in [5, 5.41) is 0. The summed E-state index contributed by atoms with van der Waals surface area (Å²) in [7, 11) is 0. The number of carbonyl (C=O) groups is 1. The van der Waals surface area contributed by atoms with Crippen LogP contribution in [0.25, 0.3) is 0 Å². The summed E-state index contributed by atoms with van der Waals surface area (Å²) in [6, 6.07) is 0. The first-order valence-corrected chi connectivity index (χ1v) is 2.16. The molecule has 7 heavy (non-hydrogen) atoms. The van der Waals surface area contributed by atoms with Gasteiger partial charge in [0.2, 0.25) is 0 Å². The third kappa shape index (κ3) is 10.8. The summed E-state index contributed by atoms with van der Waals surface area (Å²) in [5.74, 6) is 0. The van der Waals surface area contributed by atoms with Gasteiger partial charge in [-0.1, -0.05) is 23.2 Å². The lowest BCUT2D eigenvalue weighted by Crippen LogP contribution is -2.05. The standard InChI is InChI=1S/C3H4Cl2O.ClH/c1-3(4,5)2-6;/h2H,1H3;1H. The average Bonchev–Trinajstić information content (AvgIpc) is 1.35. The Balaban J connectivity index is 0. The lowest BCUT2D eigenvalue weighted by atomic mass is 10.5. The van der Waals surface area contributed by atoms with Gasteiger partial charge in [0.15, 0.2) is 10.6 Å². The monoisotopic (exact) mass is 162 g/mol. The van der Waals surface area contributed by atoms with E-state index in [-0.39, 0.29) is 12.4 Å². The maximum absolute atomic E-state index is 9.56. The molecule has 0 bridgehead atoms. The molecular formula is C3H5Cl3O. The Morgan fingerprint density at radius 2 is 1.71 bits per heavy atom. The van der Waals surface area contributed by atoms with Crippen molar-refractivity contribution in [2.45, 2.75) is 11.3 Å². The average molecular weight is 163 g/mol. The van der Waals surface area contributed by atoms with Crippen molar-refractivity contribution in [3.05, 3.63) is 0 Å². The number of halogens is 3. The maximum Gasteiger partial charge on any atom is 0.170 e. The molecule has 44 valence electrons. The summed E-state index contributed by atoms with van der Waals surface area (Å²) >= 11 is 10.2. The van der Waals surface area contributed by atoms with Gasteiger partial charge in [-0.2, -0.15) is 0 Å². The second kappa shape index (κ2) is 3.53.